The third-order valence-electron chi connectivity index (χ3n) is 4.25. The first kappa shape index (κ1) is 17.4. The molecule has 0 spiro atoms. The zero-order chi connectivity index (χ0) is 15.3. The standard InChI is InChI=1S/C15H31N3O2/c1-7-8-16-15(3,14(19)20-6)11-18-9-12(2)13(10-18)17(4)5/h12-13,16H,7-11H2,1-6H3. The highest BCUT2D eigenvalue weighted by molar-refractivity contribution is 5.80. The Morgan fingerprint density at radius 3 is 2.55 bits per heavy atom. The summed E-state index contributed by atoms with van der Waals surface area (Å²) in [5.41, 5.74) is -0.619. The van der Waals surface area contributed by atoms with Gasteiger partial charge >= 0.3 is 5.97 Å². The van der Waals surface area contributed by atoms with Crippen LogP contribution in [0.5, 0.6) is 0 Å². The van der Waals surface area contributed by atoms with E-state index in [1.54, 1.807) is 0 Å². The Hall–Kier alpha value is -0.650. The van der Waals surface area contributed by atoms with Crippen LogP contribution in [0.3, 0.4) is 0 Å². The van der Waals surface area contributed by atoms with Crippen molar-refractivity contribution in [2.45, 2.75) is 38.8 Å². The normalized spacial score (nSPS) is 26.8. The molecule has 1 saturated heterocycles. The van der Waals surface area contributed by atoms with Crippen LogP contribution >= 0.6 is 0 Å². The van der Waals surface area contributed by atoms with Gasteiger partial charge in [-0.2, -0.15) is 0 Å². The van der Waals surface area contributed by atoms with Gasteiger partial charge in [-0.3, -0.25) is 9.69 Å². The fourth-order valence-electron chi connectivity index (χ4n) is 3.12. The Labute approximate surface area is 123 Å². The molecule has 20 heavy (non-hydrogen) atoms. The van der Waals surface area contributed by atoms with Crippen LogP contribution in [-0.2, 0) is 9.53 Å². The van der Waals surface area contributed by atoms with Crippen LogP contribution in [0.1, 0.15) is 27.2 Å². The second kappa shape index (κ2) is 7.38. The summed E-state index contributed by atoms with van der Waals surface area (Å²) in [7, 11) is 5.71. The molecule has 118 valence electrons. The molecule has 1 rings (SSSR count). The Balaban J connectivity index is 2.69. The van der Waals surface area contributed by atoms with E-state index in [-0.39, 0.29) is 5.97 Å². The molecule has 1 fully saturated rings. The van der Waals surface area contributed by atoms with Crippen molar-refractivity contribution in [3.05, 3.63) is 0 Å². The summed E-state index contributed by atoms with van der Waals surface area (Å²) in [4.78, 5) is 16.7. The van der Waals surface area contributed by atoms with Crippen LogP contribution in [0.25, 0.3) is 0 Å². The first-order valence-electron chi connectivity index (χ1n) is 7.56. The molecular weight excluding hydrogens is 254 g/mol. The lowest BCUT2D eigenvalue weighted by Gasteiger charge is -2.32. The molecule has 1 heterocycles. The largest absolute Gasteiger partial charge is 0.468 e. The van der Waals surface area contributed by atoms with Gasteiger partial charge in [0, 0.05) is 25.7 Å². The number of nitrogens with one attached hydrogen (secondary N) is 1. The van der Waals surface area contributed by atoms with Gasteiger partial charge in [-0.25, -0.2) is 0 Å². The van der Waals surface area contributed by atoms with Crippen molar-refractivity contribution in [3.8, 4) is 0 Å². The highest BCUT2D eigenvalue weighted by Gasteiger charge is 2.39. The number of hydrogen-bond acceptors (Lipinski definition) is 5. The summed E-state index contributed by atoms with van der Waals surface area (Å²) in [6, 6.07) is 0.558. The third-order valence-corrected chi connectivity index (χ3v) is 4.25. The Kier molecular flexibility index (Phi) is 6.43. The molecule has 3 atom stereocenters. The quantitative estimate of drug-likeness (QED) is 0.701. The molecule has 1 aliphatic rings. The number of rotatable bonds is 7. The second-order valence-corrected chi connectivity index (χ2v) is 6.45. The van der Waals surface area contributed by atoms with Crippen molar-refractivity contribution in [1.29, 1.82) is 0 Å². The molecule has 0 radical (unpaired) electrons. The zero-order valence-corrected chi connectivity index (χ0v) is 13.9. The second-order valence-electron chi connectivity index (χ2n) is 6.45. The predicted molar refractivity (Wildman–Crippen MR) is 81.8 cm³/mol. The Bertz CT molecular complexity index is 322. The minimum absolute atomic E-state index is 0.174. The van der Waals surface area contributed by atoms with Crippen LogP contribution in [-0.4, -0.2) is 74.7 Å². The van der Waals surface area contributed by atoms with Crippen LogP contribution in [0.4, 0.5) is 0 Å². The number of esters is 1. The molecule has 0 aromatic carbocycles. The molecular formula is C15H31N3O2. The van der Waals surface area contributed by atoms with Crippen LogP contribution in [0.15, 0.2) is 0 Å². The van der Waals surface area contributed by atoms with Gasteiger partial charge in [-0.15, -0.1) is 0 Å². The molecule has 0 amide bonds. The fourth-order valence-corrected chi connectivity index (χ4v) is 3.12. The SMILES string of the molecule is CCCNC(C)(CN1CC(C)C(N(C)C)C1)C(=O)OC. The van der Waals surface area contributed by atoms with Crippen molar-refractivity contribution in [2.75, 3.05) is 47.4 Å². The molecule has 0 aromatic heterocycles. The molecule has 0 bridgehead atoms. The van der Waals surface area contributed by atoms with Crippen molar-refractivity contribution >= 4 is 5.97 Å². The summed E-state index contributed by atoms with van der Waals surface area (Å²) in [5.74, 6) is 0.449. The summed E-state index contributed by atoms with van der Waals surface area (Å²) >= 11 is 0. The third kappa shape index (κ3) is 4.17. The molecule has 0 aliphatic carbocycles. The number of nitrogens with zero attached hydrogens (tertiary/aromatic N) is 2. The summed E-state index contributed by atoms with van der Waals surface area (Å²) < 4.78 is 4.99. The van der Waals surface area contributed by atoms with Gasteiger partial charge in [-0.05, 0) is 39.9 Å². The molecule has 0 saturated carbocycles. The number of likely N-dealkylation sites (tertiary alicyclic amines) is 1. The average Bonchev–Trinajstić information content (AvgIpc) is 2.76. The lowest BCUT2D eigenvalue weighted by atomic mass is 10.0. The number of hydrogen-bond donors (Lipinski definition) is 1. The molecule has 5 nitrogen and oxygen atoms in total. The van der Waals surface area contributed by atoms with Gasteiger partial charge < -0.3 is 15.0 Å². The highest BCUT2D eigenvalue weighted by Crippen LogP contribution is 2.22. The lowest BCUT2D eigenvalue weighted by Crippen LogP contribution is -2.57. The first-order valence-corrected chi connectivity index (χ1v) is 7.56. The maximum Gasteiger partial charge on any atom is 0.327 e. The highest BCUT2D eigenvalue weighted by atomic mass is 16.5. The van der Waals surface area contributed by atoms with E-state index in [2.05, 4.69) is 43.1 Å². The number of likely N-dealkylation sites (N-methyl/N-ethyl adjacent to an activating group) is 1. The van der Waals surface area contributed by atoms with Crippen molar-refractivity contribution in [2.24, 2.45) is 5.92 Å². The summed E-state index contributed by atoms with van der Waals surface area (Å²) in [6.07, 6.45) is 1.00. The Morgan fingerprint density at radius 1 is 1.45 bits per heavy atom. The molecule has 1 aliphatic heterocycles. The molecule has 5 heteroatoms. The van der Waals surface area contributed by atoms with E-state index in [0.29, 0.717) is 18.5 Å². The van der Waals surface area contributed by atoms with E-state index in [1.807, 2.05) is 6.92 Å². The van der Waals surface area contributed by atoms with E-state index in [4.69, 9.17) is 4.74 Å². The minimum Gasteiger partial charge on any atom is -0.468 e. The molecule has 0 aromatic rings. The van der Waals surface area contributed by atoms with Crippen LogP contribution < -0.4 is 5.32 Å². The monoisotopic (exact) mass is 285 g/mol. The molecule has 1 N–H and O–H groups in total. The maximum absolute atomic E-state index is 12.1. The number of ether oxygens (including phenoxy) is 1. The van der Waals surface area contributed by atoms with Crippen LogP contribution in [0.2, 0.25) is 0 Å². The predicted octanol–water partition coefficient (Wildman–Crippen LogP) is 0.800. The lowest BCUT2D eigenvalue weighted by molar-refractivity contribution is -0.148. The van der Waals surface area contributed by atoms with E-state index in [0.717, 1.165) is 26.1 Å². The minimum atomic E-state index is -0.619. The first-order chi connectivity index (χ1) is 9.34. The summed E-state index contributed by atoms with van der Waals surface area (Å²) in [6.45, 7) is 9.89. The van der Waals surface area contributed by atoms with Crippen molar-refractivity contribution in [1.82, 2.24) is 15.1 Å². The van der Waals surface area contributed by atoms with Gasteiger partial charge in [0.05, 0.1) is 7.11 Å². The van der Waals surface area contributed by atoms with E-state index in [9.17, 15) is 4.79 Å². The van der Waals surface area contributed by atoms with Crippen molar-refractivity contribution in [3.63, 3.8) is 0 Å². The van der Waals surface area contributed by atoms with Crippen molar-refractivity contribution < 1.29 is 9.53 Å². The summed E-state index contributed by atoms with van der Waals surface area (Å²) in [5, 5.41) is 3.35. The average molecular weight is 285 g/mol. The van der Waals surface area contributed by atoms with Gasteiger partial charge in [0.15, 0.2) is 0 Å². The molecule has 3 unspecified atom stereocenters. The van der Waals surface area contributed by atoms with Crippen LogP contribution in [0, 0.1) is 5.92 Å². The van der Waals surface area contributed by atoms with Gasteiger partial charge in [0.25, 0.3) is 0 Å². The number of carbonyl (C=O) groups excluding carboxylic acids is 1. The van der Waals surface area contributed by atoms with Gasteiger partial charge in [-0.1, -0.05) is 13.8 Å². The number of methoxy groups -OCH3 is 1. The fraction of sp³-hybridized carbons (Fsp3) is 0.933. The maximum atomic E-state index is 12.1. The van der Waals surface area contributed by atoms with Gasteiger partial charge in [0.1, 0.15) is 5.54 Å². The topological polar surface area (TPSA) is 44.8 Å². The van der Waals surface area contributed by atoms with E-state index in [1.165, 1.54) is 7.11 Å². The Morgan fingerprint density at radius 2 is 2.10 bits per heavy atom. The van der Waals surface area contributed by atoms with E-state index >= 15 is 0 Å². The zero-order valence-electron chi connectivity index (χ0n) is 13.9. The number of carbonyl (C=O) groups is 1. The van der Waals surface area contributed by atoms with Gasteiger partial charge in [0.2, 0.25) is 0 Å². The smallest absolute Gasteiger partial charge is 0.327 e. The van der Waals surface area contributed by atoms with E-state index < -0.39 is 5.54 Å².